The van der Waals surface area contributed by atoms with Gasteiger partial charge in [0.25, 0.3) is 0 Å². The molecule has 2 aromatic rings. The van der Waals surface area contributed by atoms with E-state index < -0.39 is 0 Å². The summed E-state index contributed by atoms with van der Waals surface area (Å²) in [5, 5.41) is 0. The van der Waals surface area contributed by atoms with Gasteiger partial charge in [-0.1, -0.05) is 0 Å². The lowest BCUT2D eigenvalue weighted by molar-refractivity contribution is 0.412. The first-order valence-corrected chi connectivity index (χ1v) is 4.91. The van der Waals surface area contributed by atoms with Crippen molar-refractivity contribution in [2.45, 2.75) is 6.92 Å². The third-order valence-corrected chi connectivity index (χ3v) is 2.38. The Labute approximate surface area is 92.9 Å². The maximum absolute atomic E-state index is 11.1. The molecule has 0 radical (unpaired) electrons. The molecule has 1 aromatic heterocycles. The minimum atomic E-state index is -0.342. The van der Waals surface area contributed by atoms with E-state index in [1.165, 1.54) is 6.20 Å². The summed E-state index contributed by atoms with van der Waals surface area (Å²) in [5.41, 5.74) is 2.38. The van der Waals surface area contributed by atoms with Crippen molar-refractivity contribution >= 4 is 0 Å². The molecule has 0 bridgehead atoms. The number of rotatable bonds is 2. The fraction of sp³-hybridized carbons (Fsp3) is 0.167. The van der Waals surface area contributed by atoms with E-state index in [1.807, 2.05) is 25.1 Å². The van der Waals surface area contributed by atoms with Gasteiger partial charge >= 0.3 is 5.69 Å². The fourth-order valence-electron chi connectivity index (χ4n) is 1.58. The molecule has 0 unspecified atom stereocenters. The first kappa shape index (κ1) is 10.4. The third-order valence-electron chi connectivity index (χ3n) is 2.38. The molecule has 2 rings (SSSR count). The summed E-state index contributed by atoms with van der Waals surface area (Å²) in [6.45, 7) is 1.96. The highest BCUT2D eigenvalue weighted by Crippen LogP contribution is 2.23. The Hall–Kier alpha value is -2.10. The summed E-state index contributed by atoms with van der Waals surface area (Å²) in [4.78, 5) is 17.3. The van der Waals surface area contributed by atoms with Crippen LogP contribution < -0.4 is 10.4 Å². The average Bonchev–Trinajstić information content (AvgIpc) is 2.29. The molecule has 0 fully saturated rings. The molecule has 0 saturated carbocycles. The number of nitrogens with one attached hydrogen (secondary N) is 1. The van der Waals surface area contributed by atoms with Gasteiger partial charge in [-0.3, -0.25) is 0 Å². The lowest BCUT2D eigenvalue weighted by atomic mass is 10.1. The second-order valence-electron chi connectivity index (χ2n) is 3.47. The number of aromatic amines is 1. The highest BCUT2D eigenvalue weighted by Gasteiger charge is 2.02. The van der Waals surface area contributed by atoms with Crippen molar-refractivity contribution < 1.29 is 4.74 Å². The molecule has 4 heteroatoms. The average molecular weight is 216 g/mol. The van der Waals surface area contributed by atoms with Crippen LogP contribution in [0.5, 0.6) is 5.75 Å². The SMILES string of the molecule is COc1ccc(-c2ccnc(=O)[nH]2)cc1C. The Balaban J connectivity index is 2.49. The van der Waals surface area contributed by atoms with Gasteiger partial charge < -0.3 is 9.72 Å². The monoisotopic (exact) mass is 216 g/mol. The smallest absolute Gasteiger partial charge is 0.345 e. The third kappa shape index (κ3) is 1.95. The molecule has 4 nitrogen and oxygen atoms in total. The summed E-state index contributed by atoms with van der Waals surface area (Å²) in [6, 6.07) is 7.51. The van der Waals surface area contributed by atoms with Gasteiger partial charge in [0, 0.05) is 6.20 Å². The van der Waals surface area contributed by atoms with E-state index in [1.54, 1.807) is 13.2 Å². The molecule has 0 saturated heterocycles. The Morgan fingerprint density at radius 1 is 1.31 bits per heavy atom. The zero-order chi connectivity index (χ0) is 11.5. The van der Waals surface area contributed by atoms with Crippen LogP contribution in [-0.2, 0) is 0 Å². The lowest BCUT2D eigenvalue weighted by Gasteiger charge is -2.06. The predicted octanol–water partition coefficient (Wildman–Crippen LogP) is 1.75. The number of hydrogen-bond acceptors (Lipinski definition) is 3. The van der Waals surface area contributed by atoms with E-state index in [9.17, 15) is 4.79 Å². The highest BCUT2D eigenvalue weighted by molar-refractivity contribution is 5.61. The number of benzene rings is 1. The number of methoxy groups -OCH3 is 1. The van der Waals surface area contributed by atoms with Gasteiger partial charge in [-0.15, -0.1) is 0 Å². The van der Waals surface area contributed by atoms with E-state index in [2.05, 4.69) is 9.97 Å². The maximum Gasteiger partial charge on any atom is 0.345 e. The first-order valence-electron chi connectivity index (χ1n) is 4.91. The van der Waals surface area contributed by atoms with Crippen LogP contribution in [0.25, 0.3) is 11.3 Å². The molecule has 0 atom stereocenters. The largest absolute Gasteiger partial charge is 0.496 e. The van der Waals surface area contributed by atoms with Crippen LogP contribution in [0.1, 0.15) is 5.56 Å². The molecular weight excluding hydrogens is 204 g/mol. The second kappa shape index (κ2) is 4.18. The van der Waals surface area contributed by atoms with Crippen LogP contribution in [0.15, 0.2) is 35.3 Å². The number of nitrogens with zero attached hydrogens (tertiary/aromatic N) is 1. The van der Waals surface area contributed by atoms with Crippen LogP contribution >= 0.6 is 0 Å². The van der Waals surface area contributed by atoms with Gasteiger partial charge in [-0.2, -0.15) is 0 Å². The number of H-pyrrole nitrogens is 1. The zero-order valence-corrected chi connectivity index (χ0v) is 9.15. The summed E-state index contributed by atoms with van der Waals surface area (Å²) in [5.74, 6) is 0.833. The van der Waals surface area contributed by atoms with Crippen molar-refractivity contribution in [3.63, 3.8) is 0 Å². The molecule has 16 heavy (non-hydrogen) atoms. The molecule has 0 spiro atoms. The summed E-state index contributed by atoms with van der Waals surface area (Å²) >= 11 is 0. The molecule has 0 aliphatic rings. The van der Waals surface area contributed by atoms with E-state index in [-0.39, 0.29) is 5.69 Å². The van der Waals surface area contributed by atoms with Crippen LogP contribution in [0, 0.1) is 6.92 Å². The van der Waals surface area contributed by atoms with Crippen molar-refractivity contribution in [3.8, 4) is 17.0 Å². The number of hydrogen-bond donors (Lipinski definition) is 1. The lowest BCUT2D eigenvalue weighted by Crippen LogP contribution is -2.09. The van der Waals surface area contributed by atoms with Gasteiger partial charge in [-0.05, 0) is 42.3 Å². The number of ether oxygens (including phenoxy) is 1. The standard InChI is InChI=1S/C12H12N2O2/c1-8-7-9(3-4-11(8)16-2)10-5-6-13-12(15)14-10/h3-7H,1-2H3,(H,13,14,15). The Morgan fingerprint density at radius 2 is 2.12 bits per heavy atom. The quantitative estimate of drug-likeness (QED) is 0.832. The van der Waals surface area contributed by atoms with Gasteiger partial charge in [0.1, 0.15) is 5.75 Å². The molecule has 0 amide bonds. The van der Waals surface area contributed by atoms with Gasteiger partial charge in [0.2, 0.25) is 0 Å². The highest BCUT2D eigenvalue weighted by atomic mass is 16.5. The Morgan fingerprint density at radius 3 is 2.75 bits per heavy atom. The van der Waals surface area contributed by atoms with Crippen molar-refractivity contribution in [1.29, 1.82) is 0 Å². The van der Waals surface area contributed by atoms with Crippen LogP contribution in [-0.4, -0.2) is 17.1 Å². The fourth-order valence-corrected chi connectivity index (χ4v) is 1.58. The number of aromatic nitrogens is 2. The van der Waals surface area contributed by atoms with Crippen molar-refractivity contribution in [2.75, 3.05) is 7.11 Å². The number of aryl methyl sites for hydroxylation is 1. The molecule has 0 aliphatic carbocycles. The summed E-state index contributed by atoms with van der Waals surface area (Å²) in [7, 11) is 1.64. The second-order valence-corrected chi connectivity index (χ2v) is 3.47. The molecule has 0 aliphatic heterocycles. The van der Waals surface area contributed by atoms with E-state index >= 15 is 0 Å². The summed E-state index contributed by atoms with van der Waals surface area (Å²) < 4.78 is 5.18. The minimum Gasteiger partial charge on any atom is -0.496 e. The van der Waals surface area contributed by atoms with Crippen molar-refractivity contribution in [2.24, 2.45) is 0 Å². The van der Waals surface area contributed by atoms with Gasteiger partial charge in [0.15, 0.2) is 0 Å². The Kier molecular flexibility index (Phi) is 2.72. The van der Waals surface area contributed by atoms with Crippen LogP contribution in [0.2, 0.25) is 0 Å². The molecule has 1 N–H and O–H groups in total. The topological polar surface area (TPSA) is 55.0 Å². The molecular formula is C12H12N2O2. The van der Waals surface area contributed by atoms with E-state index in [0.29, 0.717) is 0 Å². The Bertz CT molecular complexity index is 561. The predicted molar refractivity (Wildman–Crippen MR) is 61.6 cm³/mol. The van der Waals surface area contributed by atoms with Crippen LogP contribution in [0.3, 0.4) is 0 Å². The van der Waals surface area contributed by atoms with Crippen molar-refractivity contribution in [1.82, 2.24) is 9.97 Å². The zero-order valence-electron chi connectivity index (χ0n) is 9.15. The maximum atomic E-state index is 11.1. The normalized spacial score (nSPS) is 10.1. The van der Waals surface area contributed by atoms with Gasteiger partial charge in [0.05, 0.1) is 12.8 Å². The van der Waals surface area contributed by atoms with Crippen LogP contribution in [0.4, 0.5) is 0 Å². The molecule has 1 heterocycles. The minimum absolute atomic E-state index is 0.342. The molecule has 1 aromatic carbocycles. The van der Waals surface area contributed by atoms with E-state index in [0.717, 1.165) is 22.6 Å². The molecule has 82 valence electrons. The van der Waals surface area contributed by atoms with Crippen molar-refractivity contribution in [3.05, 3.63) is 46.5 Å². The van der Waals surface area contributed by atoms with Gasteiger partial charge in [-0.25, -0.2) is 9.78 Å². The first-order chi connectivity index (χ1) is 7.70. The summed E-state index contributed by atoms with van der Waals surface area (Å²) in [6.07, 6.45) is 1.49. The van der Waals surface area contributed by atoms with E-state index in [4.69, 9.17) is 4.74 Å².